The Hall–Kier alpha value is -3.67. The number of hydrogen-bond donors (Lipinski definition) is 1. The Labute approximate surface area is 199 Å². The summed E-state index contributed by atoms with van der Waals surface area (Å²) >= 11 is 0. The average Bonchev–Trinajstić information content (AvgIpc) is 2.88. The molecule has 0 atom stereocenters. The number of nitrogens with zero attached hydrogens (tertiary/aromatic N) is 1. The number of halogens is 1. The van der Waals surface area contributed by atoms with Crippen LogP contribution in [0.3, 0.4) is 0 Å². The van der Waals surface area contributed by atoms with Gasteiger partial charge in [-0.15, -0.1) is 0 Å². The van der Waals surface area contributed by atoms with E-state index in [2.05, 4.69) is 10.2 Å². The number of ketones is 1. The second-order valence-corrected chi connectivity index (χ2v) is 8.44. The number of methoxy groups -OCH3 is 1. The van der Waals surface area contributed by atoms with Gasteiger partial charge in [0.15, 0.2) is 5.78 Å². The predicted octanol–water partition coefficient (Wildman–Crippen LogP) is 5.75. The van der Waals surface area contributed by atoms with Gasteiger partial charge in [-0.25, -0.2) is 4.39 Å². The second kappa shape index (κ2) is 10.5. The van der Waals surface area contributed by atoms with Crippen molar-refractivity contribution < 1.29 is 18.7 Å². The highest BCUT2D eigenvalue weighted by molar-refractivity contribution is 6.07. The molecule has 1 aliphatic heterocycles. The normalized spacial score (nSPS) is 14.0. The van der Waals surface area contributed by atoms with Crippen LogP contribution < -0.4 is 15.0 Å². The number of rotatable bonds is 7. The summed E-state index contributed by atoms with van der Waals surface area (Å²) < 4.78 is 18.6. The smallest absolute Gasteiger partial charge is 0.256 e. The van der Waals surface area contributed by atoms with E-state index in [-0.39, 0.29) is 23.4 Å². The van der Waals surface area contributed by atoms with Crippen molar-refractivity contribution in [2.45, 2.75) is 26.2 Å². The molecule has 1 aliphatic rings. The third-order valence-electron chi connectivity index (χ3n) is 6.44. The molecule has 0 radical (unpaired) electrons. The molecule has 0 aliphatic carbocycles. The van der Waals surface area contributed by atoms with Crippen LogP contribution in [0.25, 0.3) is 0 Å². The minimum absolute atomic E-state index is 0.0697. The first-order chi connectivity index (χ1) is 16.5. The Kier molecular flexibility index (Phi) is 7.26. The first-order valence-electron chi connectivity index (χ1n) is 11.6. The van der Waals surface area contributed by atoms with Crippen LogP contribution in [0, 0.1) is 11.7 Å². The van der Waals surface area contributed by atoms with Gasteiger partial charge in [0.2, 0.25) is 0 Å². The lowest BCUT2D eigenvalue weighted by molar-refractivity contribution is 0.0900. The Morgan fingerprint density at radius 2 is 1.71 bits per heavy atom. The number of para-hydroxylation sites is 2. The average molecular weight is 461 g/mol. The topological polar surface area (TPSA) is 58.6 Å². The third-order valence-corrected chi connectivity index (χ3v) is 6.44. The number of Topliss-reactive ketones (excluding diaryl/α,β-unsaturated/α-hetero) is 1. The van der Waals surface area contributed by atoms with Gasteiger partial charge in [0, 0.05) is 35.8 Å². The Morgan fingerprint density at radius 3 is 2.38 bits per heavy atom. The fourth-order valence-electron chi connectivity index (χ4n) is 4.63. The second-order valence-electron chi connectivity index (χ2n) is 8.44. The summed E-state index contributed by atoms with van der Waals surface area (Å²) in [6.07, 6.45) is 2.15. The maximum Gasteiger partial charge on any atom is 0.256 e. The van der Waals surface area contributed by atoms with E-state index in [4.69, 9.17) is 4.74 Å². The molecule has 5 nitrogen and oxygen atoms in total. The molecule has 1 saturated heterocycles. The van der Waals surface area contributed by atoms with Crippen LogP contribution in [0.1, 0.15) is 46.0 Å². The predicted molar refractivity (Wildman–Crippen MR) is 132 cm³/mol. The molecular weight excluding hydrogens is 431 g/mol. The van der Waals surface area contributed by atoms with E-state index in [9.17, 15) is 14.0 Å². The number of hydrogen-bond acceptors (Lipinski definition) is 4. The van der Waals surface area contributed by atoms with E-state index in [0.717, 1.165) is 37.2 Å². The Bertz CT molecular complexity index is 1170. The SMILES string of the molecule is CCc1c(C(=O)Nc2ccccc2OC)cccc1N1CCC(C(=O)c2ccc(F)cc2)CC1. The van der Waals surface area contributed by atoms with Crippen molar-refractivity contribution in [2.24, 2.45) is 5.92 Å². The molecule has 3 aromatic carbocycles. The first-order valence-corrected chi connectivity index (χ1v) is 11.6. The van der Waals surface area contributed by atoms with Crippen molar-refractivity contribution >= 4 is 23.1 Å². The quantitative estimate of drug-likeness (QED) is 0.456. The van der Waals surface area contributed by atoms with E-state index >= 15 is 0 Å². The van der Waals surface area contributed by atoms with E-state index in [1.54, 1.807) is 19.2 Å². The van der Waals surface area contributed by atoms with Crippen molar-refractivity contribution in [3.63, 3.8) is 0 Å². The zero-order valence-corrected chi connectivity index (χ0v) is 19.5. The van der Waals surface area contributed by atoms with Gasteiger partial charge >= 0.3 is 0 Å². The molecule has 1 heterocycles. The first kappa shape index (κ1) is 23.5. The zero-order valence-electron chi connectivity index (χ0n) is 19.5. The van der Waals surface area contributed by atoms with Crippen LogP contribution in [-0.4, -0.2) is 31.9 Å². The molecule has 1 fully saturated rings. The van der Waals surface area contributed by atoms with Crippen molar-refractivity contribution in [3.8, 4) is 5.75 Å². The number of piperidine rings is 1. The fourth-order valence-corrected chi connectivity index (χ4v) is 4.63. The lowest BCUT2D eigenvalue weighted by atomic mass is 9.88. The van der Waals surface area contributed by atoms with Gasteiger partial charge < -0.3 is 15.0 Å². The minimum atomic E-state index is -0.340. The van der Waals surface area contributed by atoms with Crippen molar-refractivity contribution in [3.05, 3.63) is 89.2 Å². The molecule has 0 unspecified atom stereocenters. The summed E-state index contributed by atoms with van der Waals surface area (Å²) in [4.78, 5) is 28.3. The van der Waals surface area contributed by atoms with Crippen molar-refractivity contribution in [2.75, 3.05) is 30.4 Å². The lowest BCUT2D eigenvalue weighted by Crippen LogP contribution is -2.37. The number of carbonyl (C=O) groups excluding carboxylic acids is 2. The Morgan fingerprint density at radius 1 is 1.00 bits per heavy atom. The molecule has 0 aromatic heterocycles. The summed E-state index contributed by atoms with van der Waals surface area (Å²) in [5, 5.41) is 2.97. The third kappa shape index (κ3) is 4.96. The molecule has 0 spiro atoms. The molecule has 6 heteroatoms. The van der Waals surface area contributed by atoms with Crippen LogP contribution in [0.4, 0.5) is 15.8 Å². The van der Waals surface area contributed by atoms with E-state index < -0.39 is 0 Å². The van der Waals surface area contributed by atoms with Crippen LogP contribution in [0.5, 0.6) is 5.75 Å². The largest absolute Gasteiger partial charge is 0.495 e. The van der Waals surface area contributed by atoms with Gasteiger partial charge in [-0.05, 0) is 73.4 Å². The molecule has 1 N–H and O–H groups in total. The number of anilines is 2. The van der Waals surface area contributed by atoms with Gasteiger partial charge in [0.05, 0.1) is 12.8 Å². The number of carbonyl (C=O) groups is 2. The highest BCUT2D eigenvalue weighted by Crippen LogP contribution is 2.31. The zero-order chi connectivity index (χ0) is 24.1. The van der Waals surface area contributed by atoms with E-state index in [1.165, 1.54) is 12.1 Å². The lowest BCUT2D eigenvalue weighted by Gasteiger charge is -2.34. The molecule has 4 rings (SSSR count). The van der Waals surface area contributed by atoms with E-state index in [1.807, 2.05) is 49.4 Å². The van der Waals surface area contributed by atoms with Gasteiger partial charge in [-0.3, -0.25) is 9.59 Å². The van der Waals surface area contributed by atoms with Gasteiger partial charge in [-0.2, -0.15) is 0 Å². The Balaban J connectivity index is 1.49. The monoisotopic (exact) mass is 460 g/mol. The van der Waals surface area contributed by atoms with Crippen molar-refractivity contribution in [1.82, 2.24) is 0 Å². The van der Waals surface area contributed by atoms with Crippen LogP contribution in [-0.2, 0) is 6.42 Å². The van der Waals surface area contributed by atoms with Crippen LogP contribution >= 0.6 is 0 Å². The molecule has 34 heavy (non-hydrogen) atoms. The summed E-state index contributed by atoms with van der Waals surface area (Å²) in [5.41, 5.74) is 3.84. The van der Waals surface area contributed by atoms with Crippen molar-refractivity contribution in [1.29, 1.82) is 0 Å². The number of amides is 1. The van der Waals surface area contributed by atoms with Gasteiger partial charge in [0.1, 0.15) is 11.6 Å². The summed E-state index contributed by atoms with van der Waals surface area (Å²) in [6.45, 7) is 3.49. The molecule has 1 amide bonds. The summed E-state index contributed by atoms with van der Waals surface area (Å²) in [7, 11) is 1.58. The highest BCUT2D eigenvalue weighted by atomic mass is 19.1. The standard InChI is InChI=1S/C28H29FN2O3/c1-3-22-23(28(33)30-24-8-4-5-10-26(24)34-2)7-6-9-25(22)31-17-15-20(16-18-31)27(32)19-11-13-21(29)14-12-19/h4-14,20H,3,15-18H2,1-2H3,(H,30,33). The highest BCUT2D eigenvalue weighted by Gasteiger charge is 2.27. The summed E-state index contributed by atoms with van der Waals surface area (Å²) in [5.74, 6) is 0.0831. The molecular formula is C28H29FN2O3. The maximum atomic E-state index is 13.2. The summed E-state index contributed by atoms with van der Waals surface area (Å²) in [6, 6.07) is 18.9. The molecule has 0 saturated carbocycles. The van der Waals surface area contributed by atoms with Gasteiger partial charge in [-0.1, -0.05) is 25.1 Å². The van der Waals surface area contributed by atoms with E-state index in [0.29, 0.717) is 29.0 Å². The minimum Gasteiger partial charge on any atom is -0.495 e. The molecule has 0 bridgehead atoms. The number of nitrogens with one attached hydrogen (secondary N) is 1. The number of ether oxygens (including phenoxy) is 1. The number of benzene rings is 3. The van der Waals surface area contributed by atoms with Crippen LogP contribution in [0.15, 0.2) is 66.7 Å². The van der Waals surface area contributed by atoms with Crippen LogP contribution in [0.2, 0.25) is 0 Å². The van der Waals surface area contributed by atoms with Gasteiger partial charge in [0.25, 0.3) is 5.91 Å². The molecule has 176 valence electrons. The maximum absolute atomic E-state index is 13.2. The molecule has 3 aromatic rings. The fraction of sp³-hybridized carbons (Fsp3) is 0.286.